The van der Waals surface area contributed by atoms with Gasteiger partial charge in [-0.2, -0.15) is 0 Å². The van der Waals surface area contributed by atoms with Gasteiger partial charge in [-0.25, -0.2) is 0 Å². The maximum atomic E-state index is 2.53. The van der Waals surface area contributed by atoms with E-state index in [0.717, 1.165) is 29.2 Å². The quantitative estimate of drug-likeness (QED) is 0.147. The van der Waals surface area contributed by atoms with Gasteiger partial charge in [-0.3, -0.25) is 0 Å². The van der Waals surface area contributed by atoms with Crippen LogP contribution in [-0.2, 0) is 17.3 Å². The molecule has 11 aromatic carbocycles. The molecule has 0 saturated carbocycles. The van der Waals surface area contributed by atoms with Crippen LogP contribution >= 0.6 is 0 Å². The number of anilines is 3. The van der Waals surface area contributed by atoms with E-state index >= 15 is 0 Å². The van der Waals surface area contributed by atoms with E-state index in [9.17, 15) is 0 Å². The first-order valence-electron chi connectivity index (χ1n) is 27.0. The summed E-state index contributed by atoms with van der Waals surface area (Å²) in [5, 5.41) is 2.53. The fourth-order valence-corrected chi connectivity index (χ4v) is 13.5. The number of rotatable bonds is 8. The number of para-hydroxylation sites is 2. The number of hydrogen-bond acceptors (Lipinski definition) is 1. The van der Waals surface area contributed by atoms with Gasteiger partial charge in [0.05, 0.1) is 22.1 Å². The number of nitrogens with zero attached hydrogens (tertiary/aromatic N) is 2. The molecule has 0 saturated heterocycles. The van der Waals surface area contributed by atoms with E-state index in [1.54, 1.807) is 0 Å². The molecule has 77 heavy (non-hydrogen) atoms. The standard InChI is InChI=1S/C75H54N2/c1-74(2)68-48-55(54-34-33-50-19-6-3-7-20-53(50)47-54)39-45-61(68)62-46-44-60(49-69(62)74)76(58-40-35-51(36-41-58)52-37-42-59(43-38-52)77-70-30-16-13-25-63(70)64-26-14-17-31-71(64)77)72-32-18-29-67-73(72)65-27-12-15-28-66(65)75(67,56-21-8-4-9-22-56)57-23-10-5-11-24-57/h3-19,21-49H,20H2,1-2H3. The summed E-state index contributed by atoms with van der Waals surface area (Å²) in [5.74, 6) is 0. The molecule has 15 rings (SSSR count). The van der Waals surface area contributed by atoms with Gasteiger partial charge in [0, 0.05) is 38.8 Å². The number of aromatic nitrogens is 1. The second-order valence-electron chi connectivity index (χ2n) is 21.5. The van der Waals surface area contributed by atoms with Gasteiger partial charge in [-0.15, -0.1) is 0 Å². The Morgan fingerprint density at radius 3 is 1.68 bits per heavy atom. The first kappa shape index (κ1) is 44.9. The molecular formula is C75H54N2. The lowest BCUT2D eigenvalue weighted by molar-refractivity contribution is 0.660. The van der Waals surface area contributed by atoms with Crippen molar-refractivity contribution < 1.29 is 0 Å². The van der Waals surface area contributed by atoms with E-state index in [1.165, 1.54) is 111 Å². The van der Waals surface area contributed by atoms with E-state index in [2.05, 4.69) is 302 Å². The van der Waals surface area contributed by atoms with Crippen molar-refractivity contribution >= 4 is 44.9 Å². The highest BCUT2D eigenvalue weighted by atomic mass is 15.1. The van der Waals surface area contributed by atoms with Gasteiger partial charge >= 0.3 is 0 Å². The number of hydrogen-bond donors (Lipinski definition) is 0. The highest BCUT2D eigenvalue weighted by Crippen LogP contribution is 2.60. The Bertz CT molecular complexity index is 4270. The Kier molecular flexibility index (Phi) is 10.2. The summed E-state index contributed by atoms with van der Waals surface area (Å²) in [5.41, 5.74) is 26.6. The largest absolute Gasteiger partial charge is 0.310 e. The zero-order valence-corrected chi connectivity index (χ0v) is 43.2. The third-order valence-corrected chi connectivity index (χ3v) is 17.1. The monoisotopic (exact) mass is 982 g/mol. The fraction of sp³-hybridized carbons (Fsp3) is 0.0667. The zero-order chi connectivity index (χ0) is 51.2. The molecule has 1 heterocycles. The first-order chi connectivity index (χ1) is 37.9. The Morgan fingerprint density at radius 2 is 0.961 bits per heavy atom. The van der Waals surface area contributed by atoms with Crippen molar-refractivity contribution in [3.05, 3.63) is 318 Å². The van der Waals surface area contributed by atoms with Crippen LogP contribution in [0.5, 0.6) is 0 Å². The minimum Gasteiger partial charge on any atom is -0.310 e. The van der Waals surface area contributed by atoms with Crippen LogP contribution in [0.1, 0.15) is 58.4 Å². The summed E-state index contributed by atoms with van der Waals surface area (Å²) in [7, 11) is 0. The normalized spacial score (nSPS) is 14.2. The minimum atomic E-state index is -0.532. The van der Waals surface area contributed by atoms with Crippen molar-refractivity contribution in [3.63, 3.8) is 0 Å². The molecule has 0 atom stereocenters. The molecule has 0 aliphatic heterocycles. The molecule has 1 aromatic heterocycles. The molecular weight excluding hydrogens is 929 g/mol. The lowest BCUT2D eigenvalue weighted by atomic mass is 9.68. The number of fused-ring (bicyclic) bond motifs is 10. The SMILES string of the molecule is CC1(C)c2cc(-c3ccc4c(c3)CC=CC=C4)ccc2-c2ccc(N(c3ccc(-c4ccc(-n5c6ccccc6c6ccccc65)cc4)cc3)c3cccc4c3-c3ccccc3C4(c3ccccc3)c3ccccc3)cc21. The van der Waals surface area contributed by atoms with Crippen molar-refractivity contribution in [3.8, 4) is 50.2 Å². The lowest BCUT2D eigenvalue weighted by Gasteiger charge is -2.34. The Morgan fingerprint density at radius 1 is 0.403 bits per heavy atom. The van der Waals surface area contributed by atoms with Gasteiger partial charge in [0.1, 0.15) is 0 Å². The average Bonchev–Trinajstić information content (AvgIpc) is 4.15. The average molecular weight is 983 g/mol. The maximum absolute atomic E-state index is 2.53. The van der Waals surface area contributed by atoms with Gasteiger partial charge in [0.15, 0.2) is 0 Å². The maximum Gasteiger partial charge on any atom is 0.0714 e. The molecule has 3 aliphatic rings. The fourth-order valence-electron chi connectivity index (χ4n) is 13.5. The van der Waals surface area contributed by atoms with E-state index in [0.29, 0.717) is 0 Å². The van der Waals surface area contributed by atoms with Crippen molar-refractivity contribution in [1.29, 1.82) is 0 Å². The predicted octanol–water partition coefficient (Wildman–Crippen LogP) is 19.4. The van der Waals surface area contributed by atoms with Crippen LogP contribution in [0.15, 0.2) is 273 Å². The van der Waals surface area contributed by atoms with Crippen LogP contribution in [0.3, 0.4) is 0 Å². The topological polar surface area (TPSA) is 8.17 Å². The Balaban J connectivity index is 0.878. The molecule has 0 N–H and O–H groups in total. The van der Waals surface area contributed by atoms with Crippen molar-refractivity contribution in [2.45, 2.75) is 31.1 Å². The molecule has 2 heteroatoms. The number of allylic oxidation sites excluding steroid dienone is 3. The highest BCUT2D eigenvalue weighted by Gasteiger charge is 2.47. The van der Waals surface area contributed by atoms with Crippen LogP contribution in [0.25, 0.3) is 78.1 Å². The van der Waals surface area contributed by atoms with Crippen LogP contribution in [0, 0.1) is 0 Å². The third-order valence-electron chi connectivity index (χ3n) is 17.1. The second kappa shape index (κ2) is 17.6. The molecule has 0 fully saturated rings. The Hall–Kier alpha value is -9.50. The molecule has 0 bridgehead atoms. The molecule has 0 amide bonds. The van der Waals surface area contributed by atoms with E-state index in [-0.39, 0.29) is 5.41 Å². The minimum absolute atomic E-state index is 0.254. The molecule has 0 spiro atoms. The second-order valence-corrected chi connectivity index (χ2v) is 21.5. The highest BCUT2D eigenvalue weighted by molar-refractivity contribution is 6.09. The van der Waals surface area contributed by atoms with Crippen LogP contribution in [-0.4, -0.2) is 4.57 Å². The van der Waals surface area contributed by atoms with Crippen molar-refractivity contribution in [2.75, 3.05) is 4.90 Å². The van der Waals surface area contributed by atoms with Gasteiger partial charge in [0.25, 0.3) is 0 Å². The zero-order valence-electron chi connectivity index (χ0n) is 43.2. The van der Waals surface area contributed by atoms with E-state index in [1.807, 2.05) is 0 Å². The molecule has 12 aromatic rings. The Labute approximate surface area is 450 Å². The van der Waals surface area contributed by atoms with E-state index < -0.39 is 5.41 Å². The lowest BCUT2D eigenvalue weighted by Crippen LogP contribution is -2.28. The van der Waals surface area contributed by atoms with Crippen molar-refractivity contribution in [2.24, 2.45) is 0 Å². The van der Waals surface area contributed by atoms with Crippen LogP contribution in [0.4, 0.5) is 17.1 Å². The summed E-state index contributed by atoms with van der Waals surface area (Å²) in [6.07, 6.45) is 9.71. The smallest absolute Gasteiger partial charge is 0.0714 e. The third kappa shape index (κ3) is 6.88. The van der Waals surface area contributed by atoms with Gasteiger partial charge in [0.2, 0.25) is 0 Å². The summed E-state index contributed by atoms with van der Waals surface area (Å²) < 4.78 is 2.39. The summed E-state index contributed by atoms with van der Waals surface area (Å²) in [6, 6.07) is 95.4. The summed E-state index contributed by atoms with van der Waals surface area (Å²) >= 11 is 0. The van der Waals surface area contributed by atoms with Gasteiger partial charge in [-0.05, 0) is 151 Å². The molecule has 0 radical (unpaired) electrons. The molecule has 2 nitrogen and oxygen atoms in total. The first-order valence-corrected chi connectivity index (χ1v) is 27.0. The molecule has 364 valence electrons. The summed E-state index contributed by atoms with van der Waals surface area (Å²) in [6.45, 7) is 4.82. The number of benzene rings is 11. The predicted molar refractivity (Wildman–Crippen MR) is 323 cm³/mol. The summed E-state index contributed by atoms with van der Waals surface area (Å²) in [4.78, 5) is 2.53. The molecule has 3 aliphatic carbocycles. The van der Waals surface area contributed by atoms with Crippen LogP contribution in [0.2, 0.25) is 0 Å². The molecule has 0 unspecified atom stereocenters. The van der Waals surface area contributed by atoms with E-state index in [4.69, 9.17) is 0 Å². The van der Waals surface area contributed by atoms with Crippen LogP contribution < -0.4 is 4.90 Å². The van der Waals surface area contributed by atoms with Gasteiger partial charge < -0.3 is 9.47 Å². The van der Waals surface area contributed by atoms with Crippen molar-refractivity contribution in [1.82, 2.24) is 4.57 Å². The van der Waals surface area contributed by atoms with Gasteiger partial charge in [-0.1, -0.05) is 232 Å².